The predicted molar refractivity (Wildman–Crippen MR) is 76.9 cm³/mol. The highest BCUT2D eigenvalue weighted by atomic mass is 35.5. The van der Waals surface area contributed by atoms with E-state index in [0.717, 1.165) is 16.9 Å². The molecule has 2 rings (SSSR count). The molecule has 2 aromatic rings. The van der Waals surface area contributed by atoms with E-state index < -0.39 is 6.43 Å². The van der Waals surface area contributed by atoms with E-state index in [4.69, 9.17) is 5.11 Å². The van der Waals surface area contributed by atoms with Crippen LogP contribution in [0.5, 0.6) is 0 Å². The first-order valence-corrected chi connectivity index (χ1v) is 6.26. The predicted octanol–water partition coefficient (Wildman–Crippen LogP) is 1.68. The number of hydrogen-bond donors (Lipinski definition) is 2. The van der Waals surface area contributed by atoms with E-state index in [1.165, 1.54) is 4.68 Å². The molecule has 0 aromatic carbocycles. The second kappa shape index (κ2) is 7.94. The smallest absolute Gasteiger partial charge is 0.257 e. The zero-order valence-corrected chi connectivity index (χ0v) is 12.4. The molecular weight excluding hydrogens is 304 g/mol. The van der Waals surface area contributed by atoms with Gasteiger partial charge in [0, 0.05) is 24.0 Å². The molecule has 0 atom stereocenters. The number of alkyl halides is 2. The van der Waals surface area contributed by atoms with Gasteiger partial charge < -0.3 is 10.4 Å². The first-order valence-electron chi connectivity index (χ1n) is 6.26. The zero-order valence-electron chi connectivity index (χ0n) is 11.5. The molecule has 0 saturated heterocycles. The Kier molecular flexibility index (Phi) is 6.57. The van der Waals surface area contributed by atoms with Crippen LogP contribution in [0.2, 0.25) is 0 Å². The summed E-state index contributed by atoms with van der Waals surface area (Å²) < 4.78 is 27.6. The highest BCUT2D eigenvalue weighted by Gasteiger charge is 2.10. The lowest BCUT2D eigenvalue weighted by molar-refractivity contribution is 0.121. The number of rotatable bonds is 7. The molecule has 118 valence electrons. The van der Waals surface area contributed by atoms with Crippen molar-refractivity contribution in [2.24, 2.45) is 0 Å². The van der Waals surface area contributed by atoms with Crippen LogP contribution in [0.15, 0.2) is 18.6 Å². The highest BCUT2D eigenvalue weighted by molar-refractivity contribution is 5.85. The first-order chi connectivity index (χ1) is 9.60. The third kappa shape index (κ3) is 4.68. The van der Waals surface area contributed by atoms with Gasteiger partial charge in [-0.2, -0.15) is 10.2 Å². The number of nitrogens with zero attached hydrogens (tertiary/aromatic N) is 4. The van der Waals surface area contributed by atoms with Crippen molar-refractivity contribution in [2.75, 3.05) is 11.9 Å². The Bertz CT molecular complexity index is 558. The summed E-state index contributed by atoms with van der Waals surface area (Å²) in [6.45, 7) is 2.33. The normalized spacial score (nSPS) is 10.7. The van der Waals surface area contributed by atoms with E-state index in [1.54, 1.807) is 30.2 Å². The van der Waals surface area contributed by atoms with Gasteiger partial charge in [0.2, 0.25) is 0 Å². The monoisotopic (exact) mass is 321 g/mol. The van der Waals surface area contributed by atoms with Gasteiger partial charge in [0.15, 0.2) is 0 Å². The molecule has 9 heteroatoms. The number of aromatic nitrogens is 4. The van der Waals surface area contributed by atoms with Crippen molar-refractivity contribution in [3.63, 3.8) is 0 Å². The summed E-state index contributed by atoms with van der Waals surface area (Å²) in [6, 6.07) is 0. The van der Waals surface area contributed by atoms with E-state index in [-0.39, 0.29) is 25.6 Å². The van der Waals surface area contributed by atoms with Crippen LogP contribution in [0.1, 0.15) is 11.3 Å². The van der Waals surface area contributed by atoms with Crippen LogP contribution < -0.4 is 5.32 Å². The molecular formula is C12H18ClF2N5O. The van der Waals surface area contributed by atoms with Gasteiger partial charge in [-0.15, -0.1) is 12.4 Å². The van der Waals surface area contributed by atoms with Crippen molar-refractivity contribution in [1.82, 2.24) is 19.6 Å². The fourth-order valence-electron chi connectivity index (χ4n) is 1.85. The van der Waals surface area contributed by atoms with Crippen molar-refractivity contribution in [3.05, 3.63) is 29.8 Å². The minimum Gasteiger partial charge on any atom is -0.394 e. The maximum absolute atomic E-state index is 12.3. The molecule has 2 N–H and O–H groups in total. The molecule has 2 aromatic heterocycles. The Morgan fingerprint density at radius 2 is 2.10 bits per heavy atom. The fourth-order valence-corrected chi connectivity index (χ4v) is 1.85. The Labute approximate surface area is 127 Å². The summed E-state index contributed by atoms with van der Waals surface area (Å²) in [4.78, 5) is 0. The molecule has 0 aliphatic heterocycles. The molecule has 2 heterocycles. The van der Waals surface area contributed by atoms with Gasteiger partial charge in [0.05, 0.1) is 31.2 Å². The van der Waals surface area contributed by atoms with Crippen LogP contribution >= 0.6 is 12.4 Å². The topological polar surface area (TPSA) is 67.9 Å². The van der Waals surface area contributed by atoms with Crippen molar-refractivity contribution in [3.8, 4) is 0 Å². The molecule has 0 spiro atoms. The average Bonchev–Trinajstić information content (AvgIpc) is 2.96. The van der Waals surface area contributed by atoms with Gasteiger partial charge in [0.1, 0.15) is 6.54 Å². The van der Waals surface area contributed by atoms with Crippen molar-refractivity contribution >= 4 is 18.1 Å². The maximum atomic E-state index is 12.3. The Morgan fingerprint density at radius 1 is 1.33 bits per heavy atom. The molecule has 6 nitrogen and oxygen atoms in total. The molecule has 0 radical (unpaired) electrons. The molecule has 0 unspecified atom stereocenters. The lowest BCUT2D eigenvalue weighted by atomic mass is 10.2. The number of nitrogens with one attached hydrogen (secondary N) is 1. The van der Waals surface area contributed by atoms with E-state index in [0.29, 0.717) is 13.1 Å². The minimum atomic E-state index is -2.41. The zero-order chi connectivity index (χ0) is 14.5. The van der Waals surface area contributed by atoms with E-state index >= 15 is 0 Å². The fraction of sp³-hybridized carbons (Fsp3) is 0.500. The molecule has 0 bridgehead atoms. The van der Waals surface area contributed by atoms with Crippen LogP contribution in [0, 0.1) is 6.92 Å². The van der Waals surface area contributed by atoms with E-state index in [2.05, 4.69) is 15.5 Å². The van der Waals surface area contributed by atoms with Crippen LogP contribution in [-0.4, -0.2) is 37.7 Å². The summed E-state index contributed by atoms with van der Waals surface area (Å²) in [5, 5.41) is 19.9. The molecule has 0 saturated carbocycles. The number of anilines is 1. The van der Waals surface area contributed by atoms with Gasteiger partial charge in [-0.1, -0.05) is 0 Å². The molecule has 0 amide bonds. The minimum absolute atomic E-state index is 0. The molecule has 0 aliphatic carbocycles. The van der Waals surface area contributed by atoms with Crippen LogP contribution in [-0.2, 0) is 19.6 Å². The maximum Gasteiger partial charge on any atom is 0.257 e. The van der Waals surface area contributed by atoms with Crippen LogP contribution in [0.4, 0.5) is 14.5 Å². The number of hydrogen-bond acceptors (Lipinski definition) is 4. The summed E-state index contributed by atoms with van der Waals surface area (Å²) in [5.41, 5.74) is 2.39. The van der Waals surface area contributed by atoms with E-state index in [1.807, 2.05) is 0 Å². The standard InChI is InChI=1S/C12H17F2N5O.ClH/c1-9-10(5-17-19(9)8-12(13)14)4-15-11-6-16-18(7-11)2-3-20;/h5-7,12,15,20H,2-4,8H2,1H3;1H. The van der Waals surface area contributed by atoms with E-state index in [9.17, 15) is 8.78 Å². The third-order valence-electron chi connectivity index (χ3n) is 2.96. The van der Waals surface area contributed by atoms with Crippen LogP contribution in [0.3, 0.4) is 0 Å². The molecule has 21 heavy (non-hydrogen) atoms. The van der Waals surface area contributed by atoms with Crippen molar-refractivity contribution in [1.29, 1.82) is 0 Å². The largest absolute Gasteiger partial charge is 0.394 e. The number of aliphatic hydroxyl groups excluding tert-OH is 1. The van der Waals surface area contributed by atoms with Gasteiger partial charge in [-0.3, -0.25) is 9.36 Å². The molecule has 0 aliphatic rings. The van der Waals surface area contributed by atoms with Gasteiger partial charge >= 0.3 is 0 Å². The lowest BCUT2D eigenvalue weighted by Gasteiger charge is -2.05. The summed E-state index contributed by atoms with van der Waals surface area (Å²) in [6.07, 6.45) is 2.60. The Morgan fingerprint density at radius 3 is 2.76 bits per heavy atom. The first kappa shape index (κ1) is 17.4. The second-order valence-corrected chi connectivity index (χ2v) is 4.40. The average molecular weight is 322 g/mol. The van der Waals surface area contributed by atoms with Crippen LogP contribution in [0.25, 0.3) is 0 Å². The number of halogens is 3. The SMILES string of the molecule is Cc1c(CNc2cnn(CCO)c2)cnn1CC(F)F.Cl. The number of aliphatic hydroxyl groups is 1. The third-order valence-corrected chi connectivity index (χ3v) is 2.96. The summed E-state index contributed by atoms with van der Waals surface area (Å²) >= 11 is 0. The quantitative estimate of drug-likeness (QED) is 0.814. The summed E-state index contributed by atoms with van der Waals surface area (Å²) in [7, 11) is 0. The second-order valence-electron chi connectivity index (χ2n) is 4.40. The lowest BCUT2D eigenvalue weighted by Crippen LogP contribution is -2.10. The van der Waals surface area contributed by atoms with Gasteiger partial charge in [-0.05, 0) is 6.92 Å². The van der Waals surface area contributed by atoms with Gasteiger partial charge in [-0.25, -0.2) is 8.78 Å². The summed E-state index contributed by atoms with van der Waals surface area (Å²) in [5.74, 6) is 0. The van der Waals surface area contributed by atoms with Gasteiger partial charge in [0.25, 0.3) is 6.43 Å². The Hall–Kier alpha value is -1.67. The highest BCUT2D eigenvalue weighted by Crippen LogP contribution is 2.12. The Balaban J connectivity index is 0.00000220. The van der Waals surface area contributed by atoms with Crippen molar-refractivity contribution < 1.29 is 13.9 Å². The molecule has 0 fully saturated rings. The van der Waals surface area contributed by atoms with Crippen molar-refractivity contribution in [2.45, 2.75) is 33.0 Å².